The molecular weight excluding hydrogens is 417 g/mol. The quantitative estimate of drug-likeness (QED) is 0.267. The summed E-state index contributed by atoms with van der Waals surface area (Å²) in [6.45, 7) is 4.25. The molecule has 6 heteroatoms. The molecule has 0 aliphatic carbocycles. The highest BCUT2D eigenvalue weighted by atomic mass is 19.1. The molecule has 1 aromatic heterocycles. The van der Waals surface area contributed by atoms with Gasteiger partial charge in [0.15, 0.2) is 11.5 Å². The van der Waals surface area contributed by atoms with Gasteiger partial charge in [-0.1, -0.05) is 36.4 Å². The zero-order chi connectivity index (χ0) is 23.2. The maximum Gasteiger partial charge on any atom is 0.165 e. The number of hydrogen-bond donors (Lipinski definition) is 1. The van der Waals surface area contributed by atoms with E-state index in [2.05, 4.69) is 22.6 Å². The molecule has 0 atom stereocenters. The number of benzene rings is 3. The van der Waals surface area contributed by atoms with E-state index in [1.54, 1.807) is 25.3 Å². The number of nitriles is 1. The van der Waals surface area contributed by atoms with Crippen molar-refractivity contribution < 1.29 is 13.9 Å². The number of nitrogens with one attached hydrogen (secondary N) is 1. The number of H-pyrrole nitrogens is 1. The van der Waals surface area contributed by atoms with Crippen LogP contribution in [0.2, 0.25) is 0 Å². The van der Waals surface area contributed by atoms with Crippen LogP contribution >= 0.6 is 0 Å². The highest BCUT2D eigenvalue weighted by molar-refractivity contribution is 5.90. The molecule has 0 bridgehead atoms. The van der Waals surface area contributed by atoms with Gasteiger partial charge in [-0.05, 0) is 54.0 Å². The van der Waals surface area contributed by atoms with Crippen molar-refractivity contribution in [2.24, 2.45) is 0 Å². The van der Waals surface area contributed by atoms with Crippen molar-refractivity contribution in [2.45, 2.75) is 13.0 Å². The van der Waals surface area contributed by atoms with Crippen LogP contribution < -0.4 is 9.47 Å². The van der Waals surface area contributed by atoms with Crippen molar-refractivity contribution in [3.8, 4) is 17.6 Å². The van der Waals surface area contributed by atoms with E-state index in [4.69, 9.17) is 9.47 Å². The number of methoxy groups -OCH3 is 1. The Hall–Kier alpha value is -4.37. The maximum absolute atomic E-state index is 13.5. The van der Waals surface area contributed by atoms with Gasteiger partial charge in [-0.3, -0.25) is 0 Å². The summed E-state index contributed by atoms with van der Waals surface area (Å²) in [4.78, 5) is 7.43. The molecule has 164 valence electrons. The summed E-state index contributed by atoms with van der Waals surface area (Å²) in [5.74, 6) is 1.19. The zero-order valence-corrected chi connectivity index (χ0v) is 18.1. The Morgan fingerprint density at radius 2 is 2.00 bits per heavy atom. The molecule has 5 nitrogen and oxygen atoms in total. The molecule has 3 aromatic carbocycles. The SMILES string of the molecule is C=CCc1cc(/C=C(/C#N)c2nc3ccc(F)cc3[nH]2)cc(OC)c1OCc1ccccc1. The Kier molecular flexibility index (Phi) is 6.51. The molecule has 4 aromatic rings. The molecule has 0 saturated carbocycles. The van der Waals surface area contributed by atoms with E-state index in [0.29, 0.717) is 47.0 Å². The lowest BCUT2D eigenvalue weighted by Crippen LogP contribution is -2.01. The average molecular weight is 439 g/mol. The van der Waals surface area contributed by atoms with Gasteiger partial charge in [0, 0.05) is 5.56 Å². The standard InChI is InChI=1S/C27H22FN3O2/c1-3-7-20-12-19(14-25(32-2)26(20)33-17-18-8-5-4-6-9-18)13-21(16-29)27-30-23-11-10-22(28)15-24(23)31-27/h3-6,8-15H,1,7,17H2,2H3,(H,30,31)/b21-13-. The zero-order valence-electron chi connectivity index (χ0n) is 18.1. The minimum absolute atomic E-state index is 0.316. The van der Waals surface area contributed by atoms with Crippen molar-refractivity contribution in [3.05, 3.63) is 102 Å². The van der Waals surface area contributed by atoms with Gasteiger partial charge < -0.3 is 14.5 Å². The van der Waals surface area contributed by atoms with Gasteiger partial charge in [0.1, 0.15) is 24.3 Å². The third-order valence-corrected chi connectivity index (χ3v) is 5.09. The van der Waals surface area contributed by atoms with Crippen LogP contribution in [0.15, 0.2) is 73.3 Å². The van der Waals surface area contributed by atoms with Crippen molar-refractivity contribution >= 4 is 22.7 Å². The van der Waals surface area contributed by atoms with Crippen LogP contribution in [0, 0.1) is 17.1 Å². The van der Waals surface area contributed by atoms with E-state index in [1.165, 1.54) is 12.1 Å². The number of ether oxygens (including phenoxy) is 2. The second kappa shape index (κ2) is 9.84. The number of aromatic nitrogens is 2. The number of rotatable bonds is 8. The van der Waals surface area contributed by atoms with E-state index in [0.717, 1.165) is 16.7 Å². The molecule has 4 rings (SSSR count). The van der Waals surface area contributed by atoms with Gasteiger partial charge in [-0.2, -0.15) is 5.26 Å². The molecule has 0 aliphatic rings. The number of hydrogen-bond acceptors (Lipinski definition) is 4. The molecule has 0 amide bonds. The largest absolute Gasteiger partial charge is 0.493 e. The number of aromatic amines is 1. The van der Waals surface area contributed by atoms with E-state index < -0.39 is 0 Å². The van der Waals surface area contributed by atoms with Crippen LogP contribution in [0.5, 0.6) is 11.5 Å². The Morgan fingerprint density at radius 1 is 1.18 bits per heavy atom. The highest BCUT2D eigenvalue weighted by Crippen LogP contribution is 2.35. The smallest absolute Gasteiger partial charge is 0.165 e. The van der Waals surface area contributed by atoms with E-state index in [9.17, 15) is 9.65 Å². The molecule has 1 heterocycles. The van der Waals surface area contributed by atoms with E-state index in [1.807, 2.05) is 42.5 Å². The van der Waals surface area contributed by atoms with Crippen molar-refractivity contribution in [1.29, 1.82) is 5.26 Å². The fourth-order valence-electron chi connectivity index (χ4n) is 3.55. The van der Waals surface area contributed by atoms with Crippen LogP contribution in [0.25, 0.3) is 22.7 Å². The topological polar surface area (TPSA) is 70.9 Å². The number of halogens is 1. The van der Waals surface area contributed by atoms with Crippen molar-refractivity contribution in [3.63, 3.8) is 0 Å². The average Bonchev–Trinajstić information content (AvgIpc) is 3.25. The Labute approximate surface area is 191 Å². The Morgan fingerprint density at radius 3 is 2.73 bits per heavy atom. The van der Waals surface area contributed by atoms with Crippen LogP contribution in [0.4, 0.5) is 4.39 Å². The summed E-state index contributed by atoms with van der Waals surface area (Å²) in [5, 5.41) is 9.76. The molecule has 0 radical (unpaired) electrons. The lowest BCUT2D eigenvalue weighted by atomic mass is 10.0. The number of allylic oxidation sites excluding steroid dienone is 2. The third-order valence-electron chi connectivity index (χ3n) is 5.09. The van der Waals surface area contributed by atoms with Crippen molar-refractivity contribution in [1.82, 2.24) is 9.97 Å². The second-order valence-electron chi connectivity index (χ2n) is 7.40. The lowest BCUT2D eigenvalue weighted by Gasteiger charge is -2.16. The number of imidazole rings is 1. The van der Waals surface area contributed by atoms with E-state index >= 15 is 0 Å². The molecule has 33 heavy (non-hydrogen) atoms. The first-order valence-corrected chi connectivity index (χ1v) is 10.4. The number of nitrogens with zero attached hydrogens (tertiary/aromatic N) is 2. The summed E-state index contributed by atoms with van der Waals surface area (Å²) in [6, 6.07) is 20.1. The van der Waals surface area contributed by atoms with Gasteiger partial charge in [-0.25, -0.2) is 9.37 Å². The molecule has 1 N–H and O–H groups in total. The van der Waals surface area contributed by atoms with Gasteiger partial charge in [0.05, 0.1) is 23.7 Å². The Balaban J connectivity index is 1.71. The van der Waals surface area contributed by atoms with Gasteiger partial charge >= 0.3 is 0 Å². The molecular formula is C27H22FN3O2. The van der Waals surface area contributed by atoms with Crippen LogP contribution in [-0.4, -0.2) is 17.1 Å². The fourth-order valence-corrected chi connectivity index (χ4v) is 3.55. The van der Waals surface area contributed by atoms with Crippen LogP contribution in [-0.2, 0) is 13.0 Å². The second-order valence-corrected chi connectivity index (χ2v) is 7.40. The molecule has 0 spiro atoms. The summed E-state index contributed by atoms with van der Waals surface area (Å²) in [6.07, 6.45) is 4.06. The summed E-state index contributed by atoms with van der Waals surface area (Å²) in [5.41, 5.74) is 4.11. The Bertz CT molecular complexity index is 1370. The first-order chi connectivity index (χ1) is 16.1. The predicted molar refractivity (Wildman–Crippen MR) is 127 cm³/mol. The summed E-state index contributed by atoms with van der Waals surface area (Å²) in [7, 11) is 1.58. The van der Waals surface area contributed by atoms with E-state index in [-0.39, 0.29) is 5.82 Å². The van der Waals surface area contributed by atoms with Gasteiger partial charge in [0.2, 0.25) is 0 Å². The van der Waals surface area contributed by atoms with Crippen LogP contribution in [0.3, 0.4) is 0 Å². The summed E-state index contributed by atoms with van der Waals surface area (Å²) >= 11 is 0. The maximum atomic E-state index is 13.5. The summed E-state index contributed by atoms with van der Waals surface area (Å²) < 4.78 is 25.2. The third kappa shape index (κ3) is 4.94. The minimum atomic E-state index is -0.370. The molecule has 0 saturated heterocycles. The molecule has 0 fully saturated rings. The van der Waals surface area contributed by atoms with Gasteiger partial charge in [0.25, 0.3) is 0 Å². The highest BCUT2D eigenvalue weighted by Gasteiger charge is 2.14. The lowest BCUT2D eigenvalue weighted by molar-refractivity contribution is 0.282. The normalized spacial score (nSPS) is 11.2. The first kappa shape index (κ1) is 21.8. The first-order valence-electron chi connectivity index (χ1n) is 10.4. The monoisotopic (exact) mass is 439 g/mol. The van der Waals surface area contributed by atoms with Crippen LogP contribution in [0.1, 0.15) is 22.5 Å². The molecule has 0 unspecified atom stereocenters. The van der Waals surface area contributed by atoms with Gasteiger partial charge in [-0.15, -0.1) is 6.58 Å². The minimum Gasteiger partial charge on any atom is -0.493 e. The number of fused-ring (bicyclic) bond motifs is 1. The predicted octanol–water partition coefficient (Wildman–Crippen LogP) is 6.08. The molecule has 0 aliphatic heterocycles. The fraction of sp³-hybridized carbons (Fsp3) is 0.111. The van der Waals surface area contributed by atoms with Crippen molar-refractivity contribution in [2.75, 3.05) is 7.11 Å².